The first-order valence-electron chi connectivity index (χ1n) is 6.63. The van der Waals surface area contributed by atoms with E-state index in [0.717, 1.165) is 5.52 Å². The minimum Gasteiger partial charge on any atom is -0.342 e. The predicted octanol–water partition coefficient (Wildman–Crippen LogP) is 3.71. The van der Waals surface area contributed by atoms with Gasteiger partial charge < -0.3 is 4.98 Å². The molecule has 0 aliphatic carbocycles. The summed E-state index contributed by atoms with van der Waals surface area (Å²) in [6.45, 7) is 0. The van der Waals surface area contributed by atoms with E-state index in [0.29, 0.717) is 5.65 Å². The third-order valence-corrected chi connectivity index (χ3v) is 2.98. The van der Waals surface area contributed by atoms with E-state index in [1.165, 1.54) is 17.5 Å². The lowest BCUT2D eigenvalue weighted by Gasteiger charge is -1.98. The van der Waals surface area contributed by atoms with Gasteiger partial charge in [0.2, 0.25) is 0 Å². The number of aromatic nitrogens is 4. The number of nitrogens with one attached hydrogen (secondary N) is 1. The predicted molar refractivity (Wildman–Crippen MR) is 83.6 cm³/mol. The molecule has 2 aromatic heterocycles. The van der Waals surface area contributed by atoms with Crippen molar-refractivity contribution in [1.82, 2.24) is 19.9 Å². The fraction of sp³-hybridized carbons (Fsp3) is 0. The van der Waals surface area contributed by atoms with Crippen molar-refractivity contribution in [2.75, 3.05) is 0 Å². The number of H-pyrrole nitrogens is 1. The number of fused-ring (bicyclic) bond motifs is 1. The van der Waals surface area contributed by atoms with Gasteiger partial charge in [-0.05, 0) is 11.1 Å². The maximum Gasteiger partial charge on any atom is 0.180 e. The Kier molecular flexibility index (Phi) is 3.98. The zero-order chi connectivity index (χ0) is 14.3. The Morgan fingerprint density at radius 3 is 1.90 bits per heavy atom. The van der Waals surface area contributed by atoms with E-state index < -0.39 is 0 Å². The summed E-state index contributed by atoms with van der Waals surface area (Å²) in [5.41, 5.74) is 4.14. The van der Waals surface area contributed by atoms with Crippen LogP contribution in [0.2, 0.25) is 0 Å². The standard InChI is InChI=1S/C12H10.C5H4N4/c1-3-7-11(8-4-1)12-9-5-2-6-10-12;1-4-5(8-2-6-1)9-3-7-4/h1-10H;1-3H,(H,6,7,8,9). The molecule has 0 fully saturated rings. The Labute approximate surface area is 122 Å². The second-order valence-electron chi connectivity index (χ2n) is 4.39. The largest absolute Gasteiger partial charge is 0.342 e. The number of aromatic amines is 1. The molecule has 4 rings (SSSR count). The van der Waals surface area contributed by atoms with Gasteiger partial charge >= 0.3 is 0 Å². The molecule has 0 bridgehead atoms. The molecule has 2 heterocycles. The normalized spacial score (nSPS) is 9.90. The van der Waals surface area contributed by atoms with Crippen LogP contribution in [-0.4, -0.2) is 19.9 Å². The Balaban J connectivity index is 0.000000131. The quantitative estimate of drug-likeness (QED) is 0.575. The van der Waals surface area contributed by atoms with Crippen LogP contribution in [0.15, 0.2) is 79.5 Å². The van der Waals surface area contributed by atoms with Crippen LogP contribution < -0.4 is 0 Å². The molecular formula is C17H14N4. The van der Waals surface area contributed by atoms with Gasteiger partial charge in [-0.25, -0.2) is 15.0 Å². The highest BCUT2D eigenvalue weighted by atomic mass is 15.0. The summed E-state index contributed by atoms with van der Waals surface area (Å²) in [7, 11) is 0. The first-order chi connectivity index (χ1) is 10.4. The number of nitrogens with zero attached hydrogens (tertiary/aromatic N) is 3. The summed E-state index contributed by atoms with van der Waals surface area (Å²) in [6.07, 6.45) is 4.76. The number of rotatable bonds is 1. The minimum absolute atomic E-state index is 0.713. The Morgan fingerprint density at radius 1 is 0.714 bits per heavy atom. The van der Waals surface area contributed by atoms with Gasteiger partial charge in [-0.2, -0.15) is 0 Å². The molecule has 4 heteroatoms. The van der Waals surface area contributed by atoms with E-state index in [1.807, 2.05) is 12.1 Å². The van der Waals surface area contributed by atoms with Crippen molar-refractivity contribution in [1.29, 1.82) is 0 Å². The van der Waals surface area contributed by atoms with E-state index >= 15 is 0 Å². The van der Waals surface area contributed by atoms with E-state index in [-0.39, 0.29) is 0 Å². The van der Waals surface area contributed by atoms with Crippen molar-refractivity contribution < 1.29 is 0 Å². The Hall–Kier alpha value is -3.01. The zero-order valence-corrected chi connectivity index (χ0v) is 11.3. The van der Waals surface area contributed by atoms with Gasteiger partial charge in [-0.3, -0.25) is 0 Å². The molecule has 0 spiro atoms. The van der Waals surface area contributed by atoms with Gasteiger partial charge in [0, 0.05) is 0 Å². The molecule has 4 nitrogen and oxygen atoms in total. The van der Waals surface area contributed by atoms with Crippen LogP contribution in [0.1, 0.15) is 0 Å². The van der Waals surface area contributed by atoms with Crippen LogP contribution in [-0.2, 0) is 0 Å². The van der Waals surface area contributed by atoms with Gasteiger partial charge in [-0.15, -0.1) is 0 Å². The first-order valence-corrected chi connectivity index (χ1v) is 6.63. The van der Waals surface area contributed by atoms with Crippen LogP contribution in [0.4, 0.5) is 0 Å². The Morgan fingerprint density at radius 2 is 1.33 bits per heavy atom. The highest BCUT2D eigenvalue weighted by Gasteiger charge is 1.92. The molecule has 0 atom stereocenters. The van der Waals surface area contributed by atoms with Crippen molar-refractivity contribution in [2.24, 2.45) is 0 Å². The average Bonchev–Trinajstić information content (AvgIpc) is 3.06. The summed E-state index contributed by atoms with van der Waals surface area (Å²) < 4.78 is 0. The van der Waals surface area contributed by atoms with E-state index in [9.17, 15) is 0 Å². The van der Waals surface area contributed by atoms with E-state index in [2.05, 4.69) is 68.5 Å². The summed E-state index contributed by atoms with van der Waals surface area (Å²) in [5.74, 6) is 0. The van der Waals surface area contributed by atoms with Gasteiger partial charge in [0.1, 0.15) is 11.8 Å². The van der Waals surface area contributed by atoms with Gasteiger partial charge in [0.15, 0.2) is 5.65 Å². The fourth-order valence-corrected chi connectivity index (χ4v) is 1.95. The second-order valence-corrected chi connectivity index (χ2v) is 4.39. The van der Waals surface area contributed by atoms with Gasteiger partial charge in [0.05, 0.1) is 12.5 Å². The van der Waals surface area contributed by atoms with Crippen molar-refractivity contribution in [3.05, 3.63) is 79.5 Å². The molecular weight excluding hydrogens is 260 g/mol. The zero-order valence-electron chi connectivity index (χ0n) is 11.3. The lowest BCUT2D eigenvalue weighted by Crippen LogP contribution is -1.76. The Bertz CT molecular complexity index is 727. The molecule has 0 aliphatic rings. The summed E-state index contributed by atoms with van der Waals surface area (Å²) in [4.78, 5) is 14.5. The highest BCUT2D eigenvalue weighted by molar-refractivity contribution is 5.67. The average molecular weight is 274 g/mol. The number of imidazole rings is 1. The highest BCUT2D eigenvalue weighted by Crippen LogP contribution is 2.17. The van der Waals surface area contributed by atoms with Crippen LogP contribution in [0.3, 0.4) is 0 Å². The monoisotopic (exact) mass is 274 g/mol. The molecule has 1 N–H and O–H groups in total. The molecule has 0 saturated heterocycles. The minimum atomic E-state index is 0.713. The number of hydrogen-bond donors (Lipinski definition) is 1. The van der Waals surface area contributed by atoms with E-state index in [4.69, 9.17) is 0 Å². The van der Waals surface area contributed by atoms with Crippen LogP contribution in [0.25, 0.3) is 22.3 Å². The maximum absolute atomic E-state index is 3.91. The van der Waals surface area contributed by atoms with Crippen molar-refractivity contribution in [3.63, 3.8) is 0 Å². The van der Waals surface area contributed by atoms with Crippen molar-refractivity contribution in [3.8, 4) is 11.1 Å². The topological polar surface area (TPSA) is 54.5 Å². The van der Waals surface area contributed by atoms with Crippen molar-refractivity contribution >= 4 is 11.2 Å². The SMILES string of the molecule is c1ccc(-c2ccccc2)cc1.c1ncc2[nH]cnc2n1. The van der Waals surface area contributed by atoms with Crippen LogP contribution in [0, 0.1) is 0 Å². The smallest absolute Gasteiger partial charge is 0.180 e. The van der Waals surface area contributed by atoms with E-state index in [1.54, 1.807) is 12.5 Å². The molecule has 0 radical (unpaired) electrons. The molecule has 0 unspecified atom stereocenters. The third kappa shape index (κ3) is 3.30. The summed E-state index contributed by atoms with van der Waals surface area (Å²) in [5, 5.41) is 0. The second kappa shape index (κ2) is 6.43. The molecule has 102 valence electrons. The molecule has 21 heavy (non-hydrogen) atoms. The number of hydrogen-bond acceptors (Lipinski definition) is 3. The van der Waals surface area contributed by atoms with Crippen LogP contribution >= 0.6 is 0 Å². The molecule has 0 amide bonds. The fourth-order valence-electron chi connectivity index (χ4n) is 1.95. The molecule has 0 saturated carbocycles. The van der Waals surface area contributed by atoms with Crippen LogP contribution in [0.5, 0.6) is 0 Å². The number of benzene rings is 2. The third-order valence-electron chi connectivity index (χ3n) is 2.98. The summed E-state index contributed by atoms with van der Waals surface area (Å²) in [6, 6.07) is 20.8. The lowest BCUT2D eigenvalue weighted by molar-refractivity contribution is 1.20. The maximum atomic E-state index is 3.91. The first kappa shape index (κ1) is 13.0. The molecule has 0 aliphatic heterocycles. The summed E-state index contributed by atoms with van der Waals surface area (Å²) >= 11 is 0. The van der Waals surface area contributed by atoms with Gasteiger partial charge in [-0.1, -0.05) is 60.7 Å². The van der Waals surface area contributed by atoms with Crippen molar-refractivity contribution in [2.45, 2.75) is 0 Å². The molecule has 2 aromatic carbocycles. The lowest BCUT2D eigenvalue weighted by atomic mass is 10.1. The van der Waals surface area contributed by atoms with Gasteiger partial charge in [0.25, 0.3) is 0 Å². The molecule has 4 aromatic rings.